The van der Waals surface area contributed by atoms with E-state index in [4.69, 9.17) is 4.74 Å². The van der Waals surface area contributed by atoms with Gasteiger partial charge in [0.2, 0.25) is 0 Å². The molecule has 1 fully saturated rings. The van der Waals surface area contributed by atoms with E-state index in [0.29, 0.717) is 6.61 Å². The minimum Gasteiger partial charge on any atom is -0.500 e. The molecule has 1 aromatic rings. The molecule has 0 aliphatic carbocycles. The van der Waals surface area contributed by atoms with Gasteiger partial charge in [-0.05, 0) is 30.9 Å². The van der Waals surface area contributed by atoms with Gasteiger partial charge in [0.1, 0.15) is 6.61 Å². The zero-order valence-electron chi connectivity index (χ0n) is 11.5. The summed E-state index contributed by atoms with van der Waals surface area (Å²) in [5.41, 5.74) is 2.28. The molecule has 2 unspecified atom stereocenters. The zero-order valence-corrected chi connectivity index (χ0v) is 12.3. The van der Waals surface area contributed by atoms with Crippen LogP contribution in [0.3, 0.4) is 0 Å². The fourth-order valence-corrected chi connectivity index (χ4v) is 3.78. The van der Waals surface area contributed by atoms with Crippen molar-refractivity contribution in [3.05, 3.63) is 42.2 Å². The van der Waals surface area contributed by atoms with Gasteiger partial charge >= 0.3 is 0 Å². The third kappa shape index (κ3) is 4.50. The summed E-state index contributed by atoms with van der Waals surface area (Å²) in [5.74, 6) is 0.843. The highest BCUT2D eigenvalue weighted by atomic mass is 32.2. The van der Waals surface area contributed by atoms with Gasteiger partial charge in [0.05, 0.1) is 11.5 Å². The summed E-state index contributed by atoms with van der Waals surface area (Å²) in [5, 5.41) is 0.210. The highest BCUT2D eigenvalue weighted by molar-refractivity contribution is 7.85. The van der Waals surface area contributed by atoms with E-state index < -0.39 is 10.8 Å². The second kappa shape index (κ2) is 7.49. The van der Waals surface area contributed by atoms with E-state index >= 15 is 0 Å². The first-order valence-electron chi connectivity index (χ1n) is 6.98. The average Bonchev–Trinajstić information content (AvgIpc) is 2.65. The van der Waals surface area contributed by atoms with Crippen LogP contribution in [0.4, 0.5) is 0 Å². The molecule has 0 N–H and O–H groups in total. The molecule has 2 nitrogen and oxygen atoms in total. The summed E-state index contributed by atoms with van der Waals surface area (Å²) in [4.78, 5) is 0. The lowest BCUT2D eigenvalue weighted by Crippen LogP contribution is -2.21. The first-order valence-corrected chi connectivity index (χ1v) is 8.36. The number of hydrogen-bond donors (Lipinski definition) is 0. The van der Waals surface area contributed by atoms with Crippen LogP contribution in [0.15, 0.2) is 36.6 Å². The van der Waals surface area contributed by atoms with E-state index in [1.807, 2.05) is 25.1 Å². The van der Waals surface area contributed by atoms with Gasteiger partial charge in [-0.2, -0.15) is 0 Å². The molecule has 0 saturated carbocycles. The topological polar surface area (TPSA) is 26.3 Å². The number of allylic oxidation sites excluding steroid dienone is 1. The molecule has 0 spiro atoms. The Kier molecular flexibility index (Phi) is 5.64. The van der Waals surface area contributed by atoms with Gasteiger partial charge in [-0.3, -0.25) is 4.21 Å². The van der Waals surface area contributed by atoms with E-state index in [1.54, 1.807) is 6.26 Å². The Balaban J connectivity index is 1.86. The van der Waals surface area contributed by atoms with Gasteiger partial charge in [0.15, 0.2) is 0 Å². The average molecular weight is 278 g/mol. The predicted molar refractivity (Wildman–Crippen MR) is 81.3 cm³/mol. The van der Waals surface area contributed by atoms with Crippen molar-refractivity contribution in [3.63, 3.8) is 0 Å². The Morgan fingerprint density at radius 1 is 1.32 bits per heavy atom. The lowest BCUT2D eigenvalue weighted by Gasteiger charge is -2.13. The van der Waals surface area contributed by atoms with E-state index in [-0.39, 0.29) is 5.25 Å². The molecule has 1 saturated heterocycles. The van der Waals surface area contributed by atoms with Gasteiger partial charge < -0.3 is 4.74 Å². The van der Waals surface area contributed by atoms with Gasteiger partial charge in [-0.15, -0.1) is 0 Å². The second-order valence-corrected chi connectivity index (χ2v) is 6.89. The summed E-state index contributed by atoms with van der Waals surface area (Å²) < 4.78 is 17.6. The molecule has 1 aliphatic rings. The van der Waals surface area contributed by atoms with Crippen molar-refractivity contribution in [1.29, 1.82) is 0 Å². The zero-order chi connectivity index (χ0) is 13.5. The van der Waals surface area contributed by atoms with Crippen LogP contribution in [0.1, 0.15) is 38.2 Å². The molecule has 0 bridgehead atoms. The Morgan fingerprint density at radius 3 is 2.89 bits per heavy atom. The first kappa shape index (κ1) is 14.3. The summed E-state index contributed by atoms with van der Waals surface area (Å²) in [6.07, 6.45) is 6.33. The highest BCUT2D eigenvalue weighted by Crippen LogP contribution is 2.17. The quantitative estimate of drug-likeness (QED) is 0.784. The SMILES string of the molecule is C/C(=C/OCC1CCCCCS1=O)c1ccccc1. The van der Waals surface area contributed by atoms with E-state index in [2.05, 4.69) is 12.1 Å². The van der Waals surface area contributed by atoms with Crippen molar-refractivity contribution in [3.8, 4) is 0 Å². The molecule has 104 valence electrons. The monoisotopic (exact) mass is 278 g/mol. The van der Waals surface area contributed by atoms with Crippen LogP contribution in [-0.4, -0.2) is 21.8 Å². The van der Waals surface area contributed by atoms with Crippen LogP contribution < -0.4 is 0 Å². The van der Waals surface area contributed by atoms with Crippen LogP contribution in [0.2, 0.25) is 0 Å². The number of hydrogen-bond acceptors (Lipinski definition) is 2. The number of rotatable bonds is 4. The molecular weight excluding hydrogens is 256 g/mol. The van der Waals surface area contributed by atoms with Gasteiger partial charge in [0.25, 0.3) is 0 Å². The Labute approximate surface area is 118 Å². The largest absolute Gasteiger partial charge is 0.500 e. The molecule has 0 radical (unpaired) electrons. The minimum atomic E-state index is -0.709. The molecule has 0 aromatic heterocycles. The molecular formula is C16H22O2S. The van der Waals surface area contributed by atoms with Crippen LogP contribution in [0.5, 0.6) is 0 Å². The van der Waals surface area contributed by atoms with Gasteiger partial charge in [-0.25, -0.2) is 0 Å². The third-order valence-electron chi connectivity index (χ3n) is 3.51. The molecule has 3 heteroatoms. The molecule has 1 aliphatic heterocycles. The van der Waals surface area contributed by atoms with E-state index in [1.165, 1.54) is 18.4 Å². The maximum absolute atomic E-state index is 12.0. The Morgan fingerprint density at radius 2 is 2.11 bits per heavy atom. The summed E-state index contributed by atoms with van der Waals surface area (Å²) in [7, 11) is -0.709. The highest BCUT2D eigenvalue weighted by Gasteiger charge is 2.19. The van der Waals surface area contributed by atoms with Crippen molar-refractivity contribution in [2.24, 2.45) is 0 Å². The van der Waals surface area contributed by atoms with Crippen molar-refractivity contribution in [2.45, 2.75) is 37.9 Å². The summed E-state index contributed by atoms with van der Waals surface area (Å²) in [6.45, 7) is 2.62. The van der Waals surface area contributed by atoms with Crippen molar-refractivity contribution in [1.82, 2.24) is 0 Å². The predicted octanol–water partition coefficient (Wildman–Crippen LogP) is 3.76. The van der Waals surface area contributed by atoms with Crippen molar-refractivity contribution in [2.75, 3.05) is 12.4 Å². The molecule has 0 amide bonds. The second-order valence-electron chi connectivity index (χ2n) is 5.06. The Hall–Kier alpha value is -1.09. The van der Waals surface area contributed by atoms with Crippen LogP contribution in [0, 0.1) is 0 Å². The smallest absolute Gasteiger partial charge is 0.102 e. The maximum atomic E-state index is 12.0. The first-order chi connectivity index (χ1) is 9.27. The molecule has 1 aromatic carbocycles. The van der Waals surface area contributed by atoms with Gasteiger partial charge in [0, 0.05) is 16.6 Å². The third-order valence-corrected chi connectivity index (χ3v) is 5.32. The van der Waals surface area contributed by atoms with E-state index in [9.17, 15) is 4.21 Å². The fourth-order valence-electron chi connectivity index (χ4n) is 2.30. The summed E-state index contributed by atoms with van der Waals surface area (Å²) in [6, 6.07) is 10.2. The maximum Gasteiger partial charge on any atom is 0.102 e. The van der Waals surface area contributed by atoms with Crippen molar-refractivity contribution >= 4 is 16.4 Å². The minimum absolute atomic E-state index is 0.210. The number of ether oxygens (including phenoxy) is 1. The number of benzene rings is 1. The normalized spacial score (nSPS) is 24.8. The molecule has 19 heavy (non-hydrogen) atoms. The fraction of sp³-hybridized carbons (Fsp3) is 0.500. The summed E-state index contributed by atoms with van der Waals surface area (Å²) >= 11 is 0. The molecule has 2 rings (SSSR count). The lowest BCUT2D eigenvalue weighted by molar-refractivity contribution is 0.246. The van der Waals surface area contributed by atoms with E-state index in [0.717, 1.165) is 24.2 Å². The lowest BCUT2D eigenvalue weighted by atomic mass is 10.1. The standard InChI is InChI=1S/C16H22O2S/c1-14(15-8-4-2-5-9-15)12-18-13-16-10-6-3-7-11-19(16)17/h2,4-5,8-9,12,16H,3,6-7,10-11,13H2,1H3/b14-12-. The van der Waals surface area contributed by atoms with Crippen LogP contribution in [0.25, 0.3) is 5.57 Å². The van der Waals surface area contributed by atoms with Gasteiger partial charge in [-0.1, -0.05) is 43.2 Å². The van der Waals surface area contributed by atoms with Crippen molar-refractivity contribution < 1.29 is 8.95 Å². The Bertz CT molecular complexity index is 439. The molecule has 1 heterocycles. The molecule has 2 atom stereocenters. The van der Waals surface area contributed by atoms with Crippen LogP contribution in [-0.2, 0) is 15.5 Å². The van der Waals surface area contributed by atoms with Crippen LogP contribution >= 0.6 is 0 Å².